The van der Waals surface area contributed by atoms with E-state index >= 15 is 0 Å². The summed E-state index contributed by atoms with van der Waals surface area (Å²) >= 11 is 0. The number of allylic oxidation sites excluding steroid dienone is 4. The Bertz CT molecular complexity index is 954. The van der Waals surface area contributed by atoms with Crippen molar-refractivity contribution in [1.29, 1.82) is 0 Å². The second-order valence-electron chi connectivity index (χ2n) is 13.2. The summed E-state index contributed by atoms with van der Waals surface area (Å²) in [5.41, 5.74) is 2.94. The number of aliphatic hydroxyl groups is 3. The zero-order valence-electron chi connectivity index (χ0n) is 24.1. The Kier molecular flexibility index (Phi) is 9.59. The highest BCUT2D eigenvalue weighted by Gasteiger charge is 2.54. The second-order valence-corrected chi connectivity index (χ2v) is 13.2. The molecule has 212 valence electrons. The molecule has 4 saturated carbocycles. The summed E-state index contributed by atoms with van der Waals surface area (Å²) in [5.74, 6) is 1.73. The summed E-state index contributed by atoms with van der Waals surface area (Å²) in [5, 5.41) is 31.4. The molecule has 0 aromatic heterocycles. The number of carbonyl (C=O) groups is 1. The zero-order chi connectivity index (χ0) is 27.5. The summed E-state index contributed by atoms with van der Waals surface area (Å²) in [6.45, 7) is 11.0. The number of fused-ring (bicyclic) bond motifs is 1. The average molecular weight is 525 g/mol. The molecular formula is C34H52O4. The Labute approximate surface area is 231 Å². The minimum absolute atomic E-state index is 0.228. The number of hydrogen-bond donors (Lipinski definition) is 3. The van der Waals surface area contributed by atoms with Crippen molar-refractivity contribution in [2.75, 3.05) is 0 Å². The highest BCUT2D eigenvalue weighted by Crippen LogP contribution is 2.60. The molecule has 7 atom stereocenters. The first-order valence-corrected chi connectivity index (χ1v) is 15.5. The van der Waals surface area contributed by atoms with Crippen LogP contribution in [0.5, 0.6) is 0 Å². The standard InChI is InChI=1S/C34H52O4/c1-5-6-7-8-11-31(37)34(19-20-34)32(38)17-12-23(2)28-15-16-29-25(10-9-18-33(28,29)4)13-14-26-21-27(35)22-30(36)24(26)3/h12-14,17,23,27-30,32,35-36,38H,3,5-11,15-16,18-22H2,1-2,4H3/t23-,27-,28-,29+,30+,32+,33-/m1/s1. The number of aliphatic hydroxyl groups excluding tert-OH is 3. The van der Waals surface area contributed by atoms with Gasteiger partial charge in [0.2, 0.25) is 0 Å². The summed E-state index contributed by atoms with van der Waals surface area (Å²) in [4.78, 5) is 12.9. The Morgan fingerprint density at radius 3 is 2.58 bits per heavy atom. The van der Waals surface area contributed by atoms with E-state index in [9.17, 15) is 20.1 Å². The third-order valence-electron chi connectivity index (χ3n) is 10.7. The molecule has 0 aliphatic heterocycles. The van der Waals surface area contributed by atoms with Gasteiger partial charge in [0.1, 0.15) is 5.78 Å². The molecular weight excluding hydrogens is 472 g/mol. The molecule has 0 heterocycles. The summed E-state index contributed by atoms with van der Waals surface area (Å²) in [6, 6.07) is 0. The lowest BCUT2D eigenvalue weighted by Gasteiger charge is -2.44. The first-order valence-electron chi connectivity index (χ1n) is 15.5. The van der Waals surface area contributed by atoms with E-state index in [-0.39, 0.29) is 11.2 Å². The Hall–Kier alpha value is -1.49. The maximum absolute atomic E-state index is 12.9. The molecule has 0 aromatic rings. The molecule has 0 bridgehead atoms. The Morgan fingerprint density at radius 1 is 1.11 bits per heavy atom. The van der Waals surface area contributed by atoms with Crippen molar-refractivity contribution in [3.63, 3.8) is 0 Å². The van der Waals surface area contributed by atoms with Crippen LogP contribution >= 0.6 is 0 Å². The van der Waals surface area contributed by atoms with Gasteiger partial charge in [-0.05, 0) is 92.1 Å². The molecule has 4 aliphatic rings. The van der Waals surface area contributed by atoms with E-state index in [1.54, 1.807) is 0 Å². The van der Waals surface area contributed by atoms with Gasteiger partial charge in [0, 0.05) is 12.8 Å². The fourth-order valence-corrected chi connectivity index (χ4v) is 8.04. The Balaban J connectivity index is 1.40. The van der Waals surface area contributed by atoms with Crippen molar-refractivity contribution in [1.82, 2.24) is 0 Å². The topological polar surface area (TPSA) is 77.8 Å². The third-order valence-corrected chi connectivity index (χ3v) is 10.7. The largest absolute Gasteiger partial charge is 0.393 e. The van der Waals surface area contributed by atoms with Gasteiger partial charge in [0.25, 0.3) is 0 Å². The summed E-state index contributed by atoms with van der Waals surface area (Å²) < 4.78 is 0. The maximum Gasteiger partial charge on any atom is 0.141 e. The van der Waals surface area contributed by atoms with Gasteiger partial charge in [-0.2, -0.15) is 0 Å². The number of Topliss-reactive ketones (excluding diaryl/α,β-unsaturated/α-hetero) is 1. The highest BCUT2D eigenvalue weighted by atomic mass is 16.3. The van der Waals surface area contributed by atoms with Crippen LogP contribution in [0.25, 0.3) is 0 Å². The number of carbonyl (C=O) groups excluding carboxylic acids is 1. The summed E-state index contributed by atoms with van der Waals surface area (Å²) in [6.07, 6.45) is 20.2. The first kappa shape index (κ1) is 29.5. The SMILES string of the molecule is C=C1C(=CC=C2CCC[C@]3(C)[C@@H]([C@H](C)C=C[C@H](O)C4(C(=O)CCCCCC)CC4)CC[C@@H]23)C[C@@H](O)C[C@@H]1O. The van der Waals surface area contributed by atoms with Crippen LogP contribution in [0.1, 0.15) is 111 Å². The van der Waals surface area contributed by atoms with Gasteiger partial charge in [-0.1, -0.05) is 76.5 Å². The maximum atomic E-state index is 12.9. The monoisotopic (exact) mass is 524 g/mol. The molecule has 0 amide bonds. The van der Waals surface area contributed by atoms with E-state index in [0.717, 1.165) is 43.3 Å². The van der Waals surface area contributed by atoms with Gasteiger partial charge in [0.15, 0.2) is 0 Å². The highest BCUT2D eigenvalue weighted by molar-refractivity contribution is 5.88. The molecule has 0 spiro atoms. The van der Waals surface area contributed by atoms with E-state index in [2.05, 4.69) is 45.6 Å². The molecule has 0 unspecified atom stereocenters. The number of ketones is 1. The minimum atomic E-state index is -0.656. The number of rotatable bonds is 11. The predicted molar refractivity (Wildman–Crippen MR) is 154 cm³/mol. The van der Waals surface area contributed by atoms with Crippen LogP contribution in [-0.4, -0.2) is 39.4 Å². The number of unbranched alkanes of at least 4 members (excludes halogenated alkanes) is 3. The van der Waals surface area contributed by atoms with Crippen molar-refractivity contribution in [3.8, 4) is 0 Å². The van der Waals surface area contributed by atoms with Gasteiger partial charge >= 0.3 is 0 Å². The van der Waals surface area contributed by atoms with Crippen LogP contribution in [0.4, 0.5) is 0 Å². The van der Waals surface area contributed by atoms with E-state index in [1.807, 2.05) is 6.08 Å². The van der Waals surface area contributed by atoms with E-state index in [0.29, 0.717) is 37.0 Å². The van der Waals surface area contributed by atoms with Crippen molar-refractivity contribution in [2.24, 2.45) is 28.6 Å². The van der Waals surface area contributed by atoms with Gasteiger partial charge in [0.05, 0.1) is 23.7 Å². The zero-order valence-corrected chi connectivity index (χ0v) is 24.1. The van der Waals surface area contributed by atoms with Gasteiger partial charge in [-0.15, -0.1) is 0 Å². The Morgan fingerprint density at radius 2 is 1.87 bits per heavy atom. The molecule has 4 rings (SSSR count). The molecule has 4 aliphatic carbocycles. The normalized spacial score (nSPS) is 36.5. The van der Waals surface area contributed by atoms with Crippen LogP contribution in [-0.2, 0) is 4.79 Å². The fourth-order valence-electron chi connectivity index (χ4n) is 8.04. The van der Waals surface area contributed by atoms with Crippen molar-refractivity contribution in [2.45, 2.75) is 129 Å². The van der Waals surface area contributed by atoms with Crippen LogP contribution in [0.2, 0.25) is 0 Å². The van der Waals surface area contributed by atoms with Crippen molar-refractivity contribution in [3.05, 3.63) is 47.6 Å². The molecule has 0 aromatic carbocycles. The lowest BCUT2D eigenvalue weighted by molar-refractivity contribution is -0.127. The molecule has 0 saturated heterocycles. The lowest BCUT2D eigenvalue weighted by atomic mass is 9.61. The fraction of sp³-hybridized carbons (Fsp3) is 0.735. The molecule has 0 radical (unpaired) electrons. The van der Waals surface area contributed by atoms with Crippen LogP contribution in [0.3, 0.4) is 0 Å². The van der Waals surface area contributed by atoms with E-state index < -0.39 is 23.7 Å². The average Bonchev–Trinajstić information content (AvgIpc) is 3.62. The smallest absolute Gasteiger partial charge is 0.141 e. The van der Waals surface area contributed by atoms with Gasteiger partial charge in [-0.3, -0.25) is 4.79 Å². The lowest BCUT2D eigenvalue weighted by Crippen LogP contribution is -2.35. The first-order chi connectivity index (χ1) is 18.1. The molecule has 4 heteroatoms. The van der Waals surface area contributed by atoms with Crippen LogP contribution in [0, 0.1) is 28.6 Å². The molecule has 3 N–H and O–H groups in total. The third kappa shape index (κ3) is 6.13. The van der Waals surface area contributed by atoms with Crippen LogP contribution < -0.4 is 0 Å². The molecule has 4 nitrogen and oxygen atoms in total. The van der Waals surface area contributed by atoms with E-state index in [1.165, 1.54) is 44.1 Å². The minimum Gasteiger partial charge on any atom is -0.393 e. The van der Waals surface area contributed by atoms with Gasteiger partial charge in [-0.25, -0.2) is 0 Å². The van der Waals surface area contributed by atoms with Crippen molar-refractivity contribution < 1.29 is 20.1 Å². The quantitative estimate of drug-likeness (QED) is 0.201. The van der Waals surface area contributed by atoms with Crippen molar-refractivity contribution >= 4 is 5.78 Å². The van der Waals surface area contributed by atoms with Crippen LogP contribution in [0.15, 0.2) is 47.6 Å². The predicted octanol–water partition coefficient (Wildman–Crippen LogP) is 7.00. The second kappa shape index (κ2) is 12.4. The van der Waals surface area contributed by atoms with Gasteiger partial charge < -0.3 is 15.3 Å². The molecule has 4 fully saturated rings. The summed E-state index contributed by atoms with van der Waals surface area (Å²) in [7, 11) is 0. The van der Waals surface area contributed by atoms with E-state index in [4.69, 9.17) is 0 Å². The number of hydrogen-bond acceptors (Lipinski definition) is 4. The molecule has 38 heavy (non-hydrogen) atoms.